The summed E-state index contributed by atoms with van der Waals surface area (Å²) in [5.41, 5.74) is 0.337. The molecule has 1 fully saturated rings. The molecule has 1 aromatic carbocycles. The number of para-hydroxylation sites is 1. The van der Waals surface area contributed by atoms with Crippen LogP contribution in [0.5, 0.6) is 5.88 Å². The summed E-state index contributed by atoms with van der Waals surface area (Å²) < 4.78 is 8.26. The van der Waals surface area contributed by atoms with Crippen molar-refractivity contribution in [3.05, 3.63) is 51.0 Å². The first-order valence-electron chi connectivity index (χ1n) is 7.56. The number of nitrogens with zero attached hydrogens (tertiary/aromatic N) is 4. The summed E-state index contributed by atoms with van der Waals surface area (Å²) in [5.74, 6) is -0.200. The number of hydrogen-bond donors (Lipinski definition) is 1. The van der Waals surface area contributed by atoms with E-state index in [0.29, 0.717) is 32.0 Å². The third kappa shape index (κ3) is 3.10. The molecule has 1 aliphatic rings. The predicted molar refractivity (Wildman–Crippen MR) is 93.5 cm³/mol. The van der Waals surface area contributed by atoms with Gasteiger partial charge in [-0.1, -0.05) is 18.2 Å². The lowest BCUT2D eigenvalue weighted by Crippen LogP contribution is -2.33. The van der Waals surface area contributed by atoms with Gasteiger partial charge in [-0.25, -0.2) is 0 Å². The molecule has 0 atom stereocenters. The van der Waals surface area contributed by atoms with Gasteiger partial charge in [0, 0.05) is 7.05 Å². The minimum absolute atomic E-state index is 0.0986. The summed E-state index contributed by atoms with van der Waals surface area (Å²) in [6.07, 6.45) is 1.39. The number of benzene rings is 1. The lowest BCUT2D eigenvalue weighted by molar-refractivity contribution is 0.0396. The van der Waals surface area contributed by atoms with Crippen LogP contribution in [0.15, 0.2) is 40.2 Å². The van der Waals surface area contributed by atoms with Crippen LogP contribution in [0, 0.1) is 4.77 Å². The highest BCUT2D eigenvalue weighted by Gasteiger charge is 2.15. The molecule has 1 aliphatic heterocycles. The van der Waals surface area contributed by atoms with E-state index in [1.807, 2.05) is 18.2 Å². The maximum absolute atomic E-state index is 12.8. The van der Waals surface area contributed by atoms with E-state index in [-0.39, 0.29) is 16.2 Å². The van der Waals surface area contributed by atoms with Crippen molar-refractivity contribution in [2.45, 2.75) is 0 Å². The van der Waals surface area contributed by atoms with Gasteiger partial charge in [-0.3, -0.25) is 18.9 Å². The second-order valence-corrected chi connectivity index (χ2v) is 5.73. The molecule has 2 heterocycles. The zero-order valence-electron chi connectivity index (χ0n) is 13.3. The van der Waals surface area contributed by atoms with Gasteiger partial charge in [0.15, 0.2) is 4.77 Å². The summed E-state index contributed by atoms with van der Waals surface area (Å²) in [5, 5.41) is 16.4. The van der Waals surface area contributed by atoms with Crippen molar-refractivity contribution in [2.24, 2.45) is 12.1 Å². The molecule has 0 radical (unpaired) electrons. The van der Waals surface area contributed by atoms with E-state index in [0.717, 1.165) is 0 Å². The molecule has 1 saturated heterocycles. The second kappa shape index (κ2) is 6.98. The number of morpholine rings is 1. The molecular formula is C16H18N4O3S. The Labute approximate surface area is 144 Å². The van der Waals surface area contributed by atoms with Gasteiger partial charge < -0.3 is 9.84 Å². The summed E-state index contributed by atoms with van der Waals surface area (Å²) >= 11 is 5.31. The second-order valence-electron chi connectivity index (χ2n) is 5.37. The van der Waals surface area contributed by atoms with Crippen LogP contribution in [0.4, 0.5) is 0 Å². The number of ether oxygens (including phenoxy) is 1. The van der Waals surface area contributed by atoms with Crippen molar-refractivity contribution >= 4 is 18.4 Å². The summed E-state index contributed by atoms with van der Waals surface area (Å²) in [4.78, 5) is 12.8. The molecule has 0 bridgehead atoms. The quantitative estimate of drug-likeness (QED) is 0.669. The van der Waals surface area contributed by atoms with Crippen molar-refractivity contribution in [3.63, 3.8) is 0 Å². The van der Waals surface area contributed by atoms with Crippen LogP contribution >= 0.6 is 12.2 Å². The first-order chi connectivity index (χ1) is 11.6. The van der Waals surface area contributed by atoms with Crippen molar-refractivity contribution < 1.29 is 9.84 Å². The maximum atomic E-state index is 12.8. The van der Waals surface area contributed by atoms with Crippen molar-refractivity contribution in [1.82, 2.24) is 14.1 Å². The molecule has 24 heavy (non-hydrogen) atoms. The molecule has 2 aromatic rings. The van der Waals surface area contributed by atoms with Gasteiger partial charge in [0.1, 0.15) is 5.56 Å². The lowest BCUT2D eigenvalue weighted by Gasteiger charge is -2.23. The van der Waals surface area contributed by atoms with Crippen LogP contribution in [0.2, 0.25) is 0 Å². The molecule has 0 unspecified atom stereocenters. The highest BCUT2D eigenvalue weighted by molar-refractivity contribution is 7.71. The molecule has 0 saturated carbocycles. The standard InChI is InChI=1S/C16H18N4O3S/c1-18-14(21)13(11-17-19-7-9-23-10-8-19)15(22)20(16(18)24)12-5-3-2-4-6-12/h2-6,11,21H,7-10H2,1H3/b17-11+. The third-order valence-corrected chi connectivity index (χ3v) is 4.28. The molecule has 7 nitrogen and oxygen atoms in total. The van der Waals surface area contributed by atoms with Gasteiger partial charge in [-0.2, -0.15) is 5.10 Å². The highest BCUT2D eigenvalue weighted by atomic mass is 32.1. The Morgan fingerprint density at radius 1 is 1.25 bits per heavy atom. The van der Waals surface area contributed by atoms with Gasteiger partial charge in [0.25, 0.3) is 5.56 Å². The van der Waals surface area contributed by atoms with E-state index in [9.17, 15) is 9.90 Å². The number of hydrogen-bond acceptors (Lipinski definition) is 6. The van der Waals surface area contributed by atoms with Crippen LogP contribution in [0.1, 0.15) is 5.56 Å². The van der Waals surface area contributed by atoms with E-state index >= 15 is 0 Å². The number of aromatic hydroxyl groups is 1. The molecule has 0 spiro atoms. The van der Waals surface area contributed by atoms with E-state index in [4.69, 9.17) is 17.0 Å². The number of rotatable bonds is 3. The number of hydrazone groups is 1. The Morgan fingerprint density at radius 3 is 2.58 bits per heavy atom. The Bertz CT molecular complexity index is 867. The van der Waals surface area contributed by atoms with Crippen molar-refractivity contribution in [3.8, 4) is 11.6 Å². The van der Waals surface area contributed by atoms with E-state index in [1.165, 1.54) is 15.3 Å². The predicted octanol–water partition coefficient (Wildman–Crippen LogP) is 1.28. The Hall–Kier alpha value is -2.45. The highest BCUT2D eigenvalue weighted by Crippen LogP contribution is 2.14. The van der Waals surface area contributed by atoms with Crippen LogP contribution in [0.25, 0.3) is 5.69 Å². The van der Waals surface area contributed by atoms with Gasteiger partial charge in [0.2, 0.25) is 5.88 Å². The first kappa shape index (κ1) is 16.4. The molecule has 8 heteroatoms. The summed E-state index contributed by atoms with van der Waals surface area (Å²) in [6, 6.07) is 9.09. The molecule has 126 valence electrons. The average Bonchev–Trinajstić information content (AvgIpc) is 2.62. The van der Waals surface area contributed by atoms with E-state index < -0.39 is 5.56 Å². The normalized spacial score (nSPS) is 15.1. The Morgan fingerprint density at radius 2 is 1.92 bits per heavy atom. The van der Waals surface area contributed by atoms with Gasteiger partial charge in [0.05, 0.1) is 38.2 Å². The number of aromatic nitrogens is 2. The molecule has 1 aromatic heterocycles. The van der Waals surface area contributed by atoms with Crippen LogP contribution in [-0.2, 0) is 11.8 Å². The third-order valence-electron chi connectivity index (χ3n) is 3.82. The fraction of sp³-hybridized carbons (Fsp3) is 0.312. The lowest BCUT2D eigenvalue weighted by atomic mass is 10.3. The smallest absolute Gasteiger partial charge is 0.271 e. The Kier molecular flexibility index (Phi) is 4.77. The largest absolute Gasteiger partial charge is 0.494 e. The topological polar surface area (TPSA) is 72.0 Å². The van der Waals surface area contributed by atoms with Crippen molar-refractivity contribution in [2.75, 3.05) is 26.3 Å². The monoisotopic (exact) mass is 346 g/mol. The molecule has 1 N–H and O–H groups in total. The minimum atomic E-state index is -0.404. The molecule has 3 rings (SSSR count). The van der Waals surface area contributed by atoms with Crippen LogP contribution in [-0.4, -0.2) is 51.8 Å². The summed E-state index contributed by atoms with van der Waals surface area (Å²) in [7, 11) is 1.61. The van der Waals surface area contributed by atoms with Crippen LogP contribution in [0.3, 0.4) is 0 Å². The Balaban J connectivity index is 2.10. The van der Waals surface area contributed by atoms with Gasteiger partial charge >= 0.3 is 0 Å². The average molecular weight is 346 g/mol. The zero-order chi connectivity index (χ0) is 17.1. The van der Waals surface area contributed by atoms with Gasteiger partial charge in [-0.05, 0) is 24.4 Å². The van der Waals surface area contributed by atoms with E-state index in [2.05, 4.69) is 5.10 Å². The van der Waals surface area contributed by atoms with Crippen LogP contribution < -0.4 is 5.56 Å². The zero-order valence-corrected chi connectivity index (χ0v) is 14.1. The summed E-state index contributed by atoms with van der Waals surface area (Å²) in [6.45, 7) is 2.48. The molecule has 0 amide bonds. The van der Waals surface area contributed by atoms with Gasteiger partial charge in [-0.15, -0.1) is 0 Å². The SMILES string of the molecule is Cn1c(O)c(/C=N/N2CCOCC2)c(=O)n(-c2ccccc2)c1=S. The fourth-order valence-corrected chi connectivity index (χ4v) is 2.73. The fourth-order valence-electron chi connectivity index (χ4n) is 2.45. The maximum Gasteiger partial charge on any atom is 0.271 e. The van der Waals surface area contributed by atoms with E-state index in [1.54, 1.807) is 24.2 Å². The minimum Gasteiger partial charge on any atom is -0.494 e. The molecule has 0 aliphatic carbocycles. The molecular weight excluding hydrogens is 328 g/mol. The van der Waals surface area contributed by atoms with Crippen molar-refractivity contribution in [1.29, 1.82) is 0 Å². The first-order valence-corrected chi connectivity index (χ1v) is 7.97.